The van der Waals surface area contributed by atoms with Crippen LogP contribution in [0.4, 0.5) is 0 Å². The van der Waals surface area contributed by atoms with Crippen molar-refractivity contribution in [2.45, 2.75) is 20.0 Å². The molecule has 0 saturated heterocycles. The van der Waals surface area contributed by atoms with Crippen LogP contribution in [0.25, 0.3) is 0 Å². The van der Waals surface area contributed by atoms with E-state index in [1.54, 1.807) is 6.07 Å². The van der Waals surface area contributed by atoms with Crippen LogP contribution >= 0.6 is 22.9 Å². The van der Waals surface area contributed by atoms with E-state index >= 15 is 0 Å². The zero-order valence-corrected chi connectivity index (χ0v) is 11.4. The number of aromatic nitrogens is 1. The van der Waals surface area contributed by atoms with Crippen LogP contribution in [0.1, 0.15) is 22.5 Å². The molecule has 0 amide bonds. The maximum atomic E-state index is 8.95. The summed E-state index contributed by atoms with van der Waals surface area (Å²) in [6, 6.07) is 9.44. The Morgan fingerprint density at radius 3 is 2.83 bits per heavy atom. The molecule has 0 aliphatic carbocycles. The molecule has 0 N–H and O–H groups in total. The number of benzene rings is 1. The number of para-hydroxylation sites is 1. The molecule has 1 aromatic heterocycles. The van der Waals surface area contributed by atoms with Crippen molar-refractivity contribution in [3.63, 3.8) is 0 Å². The number of rotatable bonds is 4. The smallest absolute Gasteiger partial charge is 0.140 e. The molecule has 0 radical (unpaired) electrons. The Balaban J connectivity index is 2.09. The van der Waals surface area contributed by atoms with Gasteiger partial charge in [0.1, 0.15) is 28.3 Å². The number of hydrogen-bond donors (Lipinski definition) is 0. The largest absolute Gasteiger partial charge is 0.485 e. The Hall–Kier alpha value is -1.57. The van der Waals surface area contributed by atoms with Crippen LogP contribution in [0.2, 0.25) is 5.02 Å². The first kappa shape index (κ1) is 12.9. The monoisotopic (exact) mass is 278 g/mol. The van der Waals surface area contributed by atoms with Crippen molar-refractivity contribution < 1.29 is 4.74 Å². The van der Waals surface area contributed by atoms with E-state index in [2.05, 4.69) is 11.1 Å². The highest BCUT2D eigenvalue weighted by atomic mass is 35.5. The third-order valence-corrected chi connectivity index (χ3v) is 3.65. The second kappa shape index (κ2) is 5.85. The molecule has 0 saturated carbocycles. The molecular formula is C13H11ClN2OS. The van der Waals surface area contributed by atoms with Crippen molar-refractivity contribution in [1.29, 1.82) is 5.26 Å². The minimum atomic E-state index is 0.336. The van der Waals surface area contributed by atoms with Crippen molar-refractivity contribution in [3.8, 4) is 11.8 Å². The summed E-state index contributed by atoms with van der Waals surface area (Å²) in [7, 11) is 0. The normalized spacial score (nSPS) is 10.1. The molecule has 3 nitrogen and oxygen atoms in total. The predicted octanol–water partition coefficient (Wildman–Crippen LogP) is 3.81. The van der Waals surface area contributed by atoms with E-state index < -0.39 is 0 Å². The lowest BCUT2D eigenvalue weighted by molar-refractivity contribution is 0.305. The highest BCUT2D eigenvalue weighted by Gasteiger charge is 2.10. The highest BCUT2D eigenvalue weighted by Crippen LogP contribution is 2.25. The number of halogens is 1. The topological polar surface area (TPSA) is 45.9 Å². The van der Waals surface area contributed by atoms with Gasteiger partial charge in [-0.25, -0.2) is 4.98 Å². The molecule has 18 heavy (non-hydrogen) atoms. The Morgan fingerprint density at radius 1 is 1.44 bits per heavy atom. The maximum Gasteiger partial charge on any atom is 0.140 e. The average molecular weight is 279 g/mol. The standard InChI is InChI=1S/C13H11ClN2OS/c1-2-10-12(7-15)18-13(16-10)8-17-11-6-4-3-5-9(11)14/h3-6H,2,8H2,1H3. The van der Waals surface area contributed by atoms with Gasteiger partial charge in [-0.15, -0.1) is 11.3 Å². The van der Waals surface area contributed by atoms with Gasteiger partial charge >= 0.3 is 0 Å². The molecule has 2 aromatic rings. The van der Waals surface area contributed by atoms with Crippen molar-refractivity contribution in [2.24, 2.45) is 0 Å². The van der Waals surface area contributed by atoms with Crippen LogP contribution in [0.15, 0.2) is 24.3 Å². The van der Waals surface area contributed by atoms with Gasteiger partial charge in [0, 0.05) is 0 Å². The van der Waals surface area contributed by atoms with Gasteiger partial charge in [0.05, 0.1) is 10.7 Å². The summed E-state index contributed by atoms with van der Waals surface area (Å²) in [6.45, 7) is 2.32. The Kier molecular flexibility index (Phi) is 4.19. The van der Waals surface area contributed by atoms with E-state index in [0.29, 0.717) is 22.3 Å². The summed E-state index contributed by atoms with van der Waals surface area (Å²) in [6.07, 6.45) is 0.755. The zero-order valence-electron chi connectivity index (χ0n) is 9.81. The van der Waals surface area contributed by atoms with Gasteiger partial charge in [0.15, 0.2) is 0 Å². The third-order valence-electron chi connectivity index (χ3n) is 2.37. The molecule has 2 rings (SSSR count). The first-order valence-corrected chi connectivity index (χ1v) is 6.70. The van der Waals surface area contributed by atoms with Crippen molar-refractivity contribution in [1.82, 2.24) is 4.98 Å². The maximum absolute atomic E-state index is 8.95. The quantitative estimate of drug-likeness (QED) is 0.854. The molecule has 0 bridgehead atoms. The van der Waals surface area contributed by atoms with Gasteiger partial charge < -0.3 is 4.74 Å². The van der Waals surface area contributed by atoms with Crippen LogP contribution in [-0.4, -0.2) is 4.98 Å². The Morgan fingerprint density at radius 2 is 2.22 bits per heavy atom. The van der Waals surface area contributed by atoms with E-state index in [-0.39, 0.29) is 0 Å². The lowest BCUT2D eigenvalue weighted by Crippen LogP contribution is -1.95. The molecule has 0 spiro atoms. The molecule has 0 atom stereocenters. The fourth-order valence-electron chi connectivity index (χ4n) is 1.49. The third kappa shape index (κ3) is 2.81. The zero-order chi connectivity index (χ0) is 13.0. The second-order valence-electron chi connectivity index (χ2n) is 3.57. The van der Waals surface area contributed by atoms with E-state index in [4.69, 9.17) is 21.6 Å². The summed E-state index contributed by atoms with van der Waals surface area (Å²) in [4.78, 5) is 5.03. The number of nitrogens with zero attached hydrogens (tertiary/aromatic N) is 2. The Bertz CT molecular complexity index is 589. The SMILES string of the molecule is CCc1nc(COc2ccccc2Cl)sc1C#N. The van der Waals surface area contributed by atoms with Gasteiger partial charge in [0.2, 0.25) is 0 Å². The number of nitriles is 1. The molecule has 0 aliphatic heterocycles. The molecule has 92 valence electrons. The van der Waals surface area contributed by atoms with Gasteiger partial charge in [-0.05, 0) is 18.6 Å². The van der Waals surface area contributed by atoms with Crippen LogP contribution in [0.5, 0.6) is 5.75 Å². The summed E-state index contributed by atoms with van der Waals surface area (Å²) in [5.41, 5.74) is 0.834. The van der Waals surface area contributed by atoms with E-state index in [1.807, 2.05) is 25.1 Å². The lowest BCUT2D eigenvalue weighted by Gasteiger charge is -2.05. The molecule has 0 fully saturated rings. The van der Waals surface area contributed by atoms with Gasteiger partial charge in [-0.2, -0.15) is 5.26 Å². The molecule has 0 unspecified atom stereocenters. The number of thiazole rings is 1. The van der Waals surface area contributed by atoms with E-state index in [1.165, 1.54) is 11.3 Å². The molecule has 1 aromatic carbocycles. The summed E-state index contributed by atoms with van der Waals surface area (Å²) < 4.78 is 5.59. The molecule has 0 aliphatic rings. The van der Waals surface area contributed by atoms with E-state index in [9.17, 15) is 0 Å². The number of aryl methyl sites for hydroxylation is 1. The second-order valence-corrected chi connectivity index (χ2v) is 5.06. The first-order chi connectivity index (χ1) is 8.74. The minimum Gasteiger partial charge on any atom is -0.485 e. The molecule has 1 heterocycles. The molecule has 5 heteroatoms. The van der Waals surface area contributed by atoms with Crippen molar-refractivity contribution in [2.75, 3.05) is 0 Å². The number of hydrogen-bond acceptors (Lipinski definition) is 4. The summed E-state index contributed by atoms with van der Waals surface area (Å²) in [5, 5.41) is 10.3. The number of ether oxygens (including phenoxy) is 1. The van der Waals surface area contributed by atoms with Crippen molar-refractivity contribution >= 4 is 22.9 Å². The average Bonchev–Trinajstić information content (AvgIpc) is 2.80. The van der Waals surface area contributed by atoms with Crippen molar-refractivity contribution in [3.05, 3.63) is 44.9 Å². The summed E-state index contributed by atoms with van der Waals surface area (Å²) in [5.74, 6) is 0.630. The van der Waals surface area contributed by atoms with Gasteiger partial charge in [-0.3, -0.25) is 0 Å². The first-order valence-electron chi connectivity index (χ1n) is 5.50. The fourth-order valence-corrected chi connectivity index (χ4v) is 2.54. The fraction of sp³-hybridized carbons (Fsp3) is 0.231. The van der Waals surface area contributed by atoms with Crippen LogP contribution in [0, 0.1) is 11.3 Å². The van der Waals surface area contributed by atoms with Crippen LogP contribution in [0.3, 0.4) is 0 Å². The van der Waals surface area contributed by atoms with Crippen LogP contribution < -0.4 is 4.74 Å². The van der Waals surface area contributed by atoms with Crippen LogP contribution in [-0.2, 0) is 13.0 Å². The van der Waals surface area contributed by atoms with Gasteiger partial charge in [-0.1, -0.05) is 30.7 Å². The van der Waals surface area contributed by atoms with E-state index in [0.717, 1.165) is 17.1 Å². The predicted molar refractivity (Wildman–Crippen MR) is 72.0 cm³/mol. The molecular weight excluding hydrogens is 268 g/mol. The highest BCUT2D eigenvalue weighted by molar-refractivity contribution is 7.12. The Labute approximate surface area is 115 Å². The lowest BCUT2D eigenvalue weighted by atomic mass is 10.3. The summed E-state index contributed by atoms with van der Waals surface area (Å²) >= 11 is 7.36. The minimum absolute atomic E-state index is 0.336. The van der Waals surface area contributed by atoms with Gasteiger partial charge in [0.25, 0.3) is 0 Å².